The number of aryl methyl sites for hydroxylation is 1. The molecule has 0 aliphatic rings. The van der Waals surface area contributed by atoms with E-state index in [0.29, 0.717) is 4.99 Å². The van der Waals surface area contributed by atoms with E-state index in [1.54, 1.807) is 7.11 Å². The maximum Gasteiger partial charge on any atom is 0.118 e. The number of benzene rings is 2. The third-order valence-electron chi connectivity index (χ3n) is 3.33. The van der Waals surface area contributed by atoms with E-state index < -0.39 is 0 Å². The van der Waals surface area contributed by atoms with Gasteiger partial charge in [0, 0.05) is 17.8 Å². The van der Waals surface area contributed by atoms with Gasteiger partial charge in [-0.15, -0.1) is 0 Å². The molecule has 0 amide bonds. The average molecular weight is 300 g/mol. The van der Waals surface area contributed by atoms with E-state index in [2.05, 4.69) is 23.5 Å². The van der Waals surface area contributed by atoms with Gasteiger partial charge < -0.3 is 15.8 Å². The molecule has 3 nitrogen and oxygen atoms in total. The fourth-order valence-corrected chi connectivity index (χ4v) is 2.32. The fraction of sp³-hybridized carbons (Fsp3) is 0.235. The van der Waals surface area contributed by atoms with Crippen molar-refractivity contribution in [3.05, 3.63) is 59.2 Å². The summed E-state index contributed by atoms with van der Waals surface area (Å²) < 4.78 is 5.15. The molecular formula is C17H20N2OS. The lowest BCUT2D eigenvalue weighted by Crippen LogP contribution is -2.14. The summed E-state index contributed by atoms with van der Waals surface area (Å²) in [5.41, 5.74) is 10.1. The normalized spacial score (nSPS) is 10.2. The van der Waals surface area contributed by atoms with Crippen molar-refractivity contribution in [1.82, 2.24) is 0 Å². The summed E-state index contributed by atoms with van der Waals surface area (Å²) in [6.45, 7) is 2.86. The number of nitrogens with one attached hydrogen (secondary N) is 1. The van der Waals surface area contributed by atoms with Crippen LogP contribution in [0.3, 0.4) is 0 Å². The summed E-state index contributed by atoms with van der Waals surface area (Å²) in [6, 6.07) is 14.2. The topological polar surface area (TPSA) is 47.3 Å². The Labute approximate surface area is 131 Å². The molecule has 0 bridgehead atoms. The number of thiocarbonyl (C=S) groups is 1. The molecule has 0 aliphatic carbocycles. The molecular weight excluding hydrogens is 280 g/mol. The number of rotatable bonds is 6. The molecule has 0 aromatic heterocycles. The van der Waals surface area contributed by atoms with Gasteiger partial charge in [-0.25, -0.2) is 0 Å². The van der Waals surface area contributed by atoms with Gasteiger partial charge in [-0.1, -0.05) is 36.0 Å². The first-order chi connectivity index (χ1) is 10.1. The third-order valence-corrected chi connectivity index (χ3v) is 3.55. The predicted octanol–water partition coefficient (Wildman–Crippen LogP) is 3.29. The zero-order valence-electron chi connectivity index (χ0n) is 12.3. The van der Waals surface area contributed by atoms with Crippen molar-refractivity contribution in [3.63, 3.8) is 0 Å². The molecule has 0 aliphatic heterocycles. The summed E-state index contributed by atoms with van der Waals surface area (Å²) in [5.74, 6) is 0.876. The molecule has 0 saturated heterocycles. The molecule has 0 radical (unpaired) electrons. The quantitative estimate of drug-likeness (QED) is 0.804. The van der Waals surface area contributed by atoms with Crippen LogP contribution in [0.4, 0.5) is 5.69 Å². The Balaban J connectivity index is 1.98. The number of anilines is 1. The average Bonchev–Trinajstić information content (AvgIpc) is 2.49. The second-order valence-electron chi connectivity index (χ2n) is 4.94. The number of methoxy groups -OCH3 is 1. The van der Waals surface area contributed by atoms with Crippen LogP contribution in [0.5, 0.6) is 5.75 Å². The largest absolute Gasteiger partial charge is 0.497 e. The van der Waals surface area contributed by atoms with Gasteiger partial charge in [-0.05, 0) is 43.2 Å². The molecule has 0 atom stereocenters. The van der Waals surface area contributed by atoms with Crippen LogP contribution in [0.15, 0.2) is 42.5 Å². The predicted molar refractivity (Wildman–Crippen MR) is 92.3 cm³/mol. The van der Waals surface area contributed by atoms with Gasteiger partial charge in [-0.3, -0.25) is 0 Å². The van der Waals surface area contributed by atoms with E-state index in [1.807, 2.05) is 31.2 Å². The maximum atomic E-state index is 5.78. The zero-order chi connectivity index (χ0) is 15.2. The Bertz CT molecular complexity index is 623. The molecule has 3 N–H and O–H groups in total. The molecule has 0 spiro atoms. The van der Waals surface area contributed by atoms with Gasteiger partial charge in [0.25, 0.3) is 0 Å². The minimum absolute atomic E-state index is 0.422. The van der Waals surface area contributed by atoms with E-state index in [0.717, 1.165) is 35.5 Å². The fourth-order valence-electron chi connectivity index (χ4n) is 2.15. The van der Waals surface area contributed by atoms with E-state index in [1.165, 1.54) is 5.56 Å². The van der Waals surface area contributed by atoms with Crippen molar-refractivity contribution in [2.45, 2.75) is 13.3 Å². The second kappa shape index (κ2) is 7.09. The van der Waals surface area contributed by atoms with Gasteiger partial charge in [0.2, 0.25) is 0 Å². The van der Waals surface area contributed by atoms with Gasteiger partial charge in [-0.2, -0.15) is 0 Å². The molecule has 0 saturated carbocycles. The van der Waals surface area contributed by atoms with Crippen molar-refractivity contribution in [3.8, 4) is 5.75 Å². The second-order valence-corrected chi connectivity index (χ2v) is 5.38. The van der Waals surface area contributed by atoms with Crippen molar-refractivity contribution >= 4 is 22.9 Å². The standard InChI is InChI=1S/C17H20N2OS/c1-12-3-8-16(15(11-12)17(18)21)19-10-9-13-4-6-14(20-2)7-5-13/h3-8,11,19H,9-10H2,1-2H3,(H2,18,21). The van der Waals surface area contributed by atoms with Crippen molar-refractivity contribution in [2.75, 3.05) is 19.0 Å². The third kappa shape index (κ3) is 4.20. The highest BCUT2D eigenvalue weighted by Crippen LogP contribution is 2.18. The molecule has 2 aromatic rings. The zero-order valence-corrected chi connectivity index (χ0v) is 13.2. The van der Waals surface area contributed by atoms with Crippen LogP contribution in [0, 0.1) is 6.92 Å². The Morgan fingerprint density at radius 2 is 1.90 bits per heavy atom. The van der Waals surface area contributed by atoms with E-state index >= 15 is 0 Å². The van der Waals surface area contributed by atoms with E-state index in [-0.39, 0.29) is 0 Å². The summed E-state index contributed by atoms with van der Waals surface area (Å²) >= 11 is 5.10. The van der Waals surface area contributed by atoms with Crippen LogP contribution >= 0.6 is 12.2 Å². The molecule has 2 rings (SSSR count). The summed E-state index contributed by atoms with van der Waals surface area (Å²) in [4.78, 5) is 0.422. The smallest absolute Gasteiger partial charge is 0.118 e. The molecule has 4 heteroatoms. The van der Waals surface area contributed by atoms with Crippen LogP contribution in [0.1, 0.15) is 16.7 Å². The summed E-state index contributed by atoms with van der Waals surface area (Å²) in [7, 11) is 1.67. The molecule has 110 valence electrons. The minimum Gasteiger partial charge on any atom is -0.497 e. The lowest BCUT2D eigenvalue weighted by atomic mass is 10.1. The Hall–Kier alpha value is -2.07. The lowest BCUT2D eigenvalue weighted by Gasteiger charge is -2.12. The number of nitrogens with two attached hydrogens (primary N) is 1. The number of hydrogen-bond acceptors (Lipinski definition) is 3. The Morgan fingerprint density at radius 1 is 1.19 bits per heavy atom. The Kier molecular flexibility index (Phi) is 5.17. The summed E-state index contributed by atoms with van der Waals surface area (Å²) in [6.07, 6.45) is 0.925. The summed E-state index contributed by atoms with van der Waals surface area (Å²) in [5, 5.41) is 3.40. The van der Waals surface area contributed by atoms with Gasteiger partial charge in [0.1, 0.15) is 10.7 Å². The van der Waals surface area contributed by atoms with Crippen molar-refractivity contribution in [2.24, 2.45) is 5.73 Å². The monoisotopic (exact) mass is 300 g/mol. The van der Waals surface area contributed by atoms with Gasteiger partial charge in [0.05, 0.1) is 7.11 Å². The number of ether oxygens (including phenoxy) is 1. The van der Waals surface area contributed by atoms with Crippen LogP contribution in [-0.2, 0) is 6.42 Å². The maximum absolute atomic E-state index is 5.78. The van der Waals surface area contributed by atoms with E-state index in [9.17, 15) is 0 Å². The molecule has 0 unspecified atom stereocenters. The number of hydrogen-bond donors (Lipinski definition) is 2. The van der Waals surface area contributed by atoms with Crippen molar-refractivity contribution in [1.29, 1.82) is 0 Å². The van der Waals surface area contributed by atoms with E-state index in [4.69, 9.17) is 22.7 Å². The first-order valence-corrected chi connectivity index (χ1v) is 7.28. The highest BCUT2D eigenvalue weighted by atomic mass is 32.1. The van der Waals surface area contributed by atoms with Gasteiger partial charge in [0.15, 0.2) is 0 Å². The molecule has 21 heavy (non-hydrogen) atoms. The highest BCUT2D eigenvalue weighted by Gasteiger charge is 2.05. The first-order valence-electron chi connectivity index (χ1n) is 6.87. The molecule has 0 heterocycles. The Morgan fingerprint density at radius 3 is 2.52 bits per heavy atom. The van der Waals surface area contributed by atoms with Crippen LogP contribution in [0.2, 0.25) is 0 Å². The lowest BCUT2D eigenvalue weighted by molar-refractivity contribution is 0.414. The van der Waals surface area contributed by atoms with Gasteiger partial charge >= 0.3 is 0 Å². The van der Waals surface area contributed by atoms with Crippen LogP contribution in [0.25, 0.3) is 0 Å². The first kappa shape index (κ1) is 15.3. The molecule has 2 aromatic carbocycles. The highest BCUT2D eigenvalue weighted by molar-refractivity contribution is 7.80. The van der Waals surface area contributed by atoms with Crippen molar-refractivity contribution < 1.29 is 4.74 Å². The van der Waals surface area contributed by atoms with Crippen LogP contribution in [-0.4, -0.2) is 18.6 Å². The minimum atomic E-state index is 0.422. The van der Waals surface area contributed by atoms with Crippen LogP contribution < -0.4 is 15.8 Å². The SMILES string of the molecule is COc1ccc(CCNc2ccc(C)cc2C(N)=S)cc1. The molecule has 0 fully saturated rings.